The number of anilines is 2. The van der Waals surface area contributed by atoms with Crippen LogP contribution in [0, 0.1) is 0 Å². The quantitative estimate of drug-likeness (QED) is 0.783. The number of amides is 3. The minimum absolute atomic E-state index is 0.314. The summed E-state index contributed by atoms with van der Waals surface area (Å²) in [4.78, 5) is 27.8. The first-order chi connectivity index (χ1) is 13.7. The Labute approximate surface area is 167 Å². The van der Waals surface area contributed by atoms with Gasteiger partial charge < -0.3 is 10.2 Å². The van der Waals surface area contributed by atoms with E-state index in [0.29, 0.717) is 19.0 Å². The number of hydrogen-bond donors (Lipinski definition) is 1. The van der Waals surface area contributed by atoms with Gasteiger partial charge in [0.1, 0.15) is 6.54 Å². The zero-order valence-corrected chi connectivity index (χ0v) is 16.2. The maximum atomic E-state index is 13.1. The maximum absolute atomic E-state index is 13.1. The van der Waals surface area contributed by atoms with E-state index in [4.69, 9.17) is 0 Å². The number of nitrogens with one attached hydrogen (secondary N) is 1. The van der Waals surface area contributed by atoms with Crippen LogP contribution in [0.5, 0.6) is 0 Å². The van der Waals surface area contributed by atoms with E-state index < -0.39 is 17.6 Å². The van der Waals surface area contributed by atoms with Crippen LogP contribution < -0.4 is 10.2 Å². The van der Waals surface area contributed by atoms with E-state index in [1.54, 1.807) is 4.90 Å². The van der Waals surface area contributed by atoms with Gasteiger partial charge in [-0.3, -0.25) is 9.69 Å². The molecule has 3 rings (SSSR count). The fourth-order valence-corrected chi connectivity index (χ4v) is 3.21. The van der Waals surface area contributed by atoms with E-state index in [1.165, 1.54) is 23.1 Å². The highest BCUT2D eigenvalue weighted by molar-refractivity contribution is 5.99. The topological polar surface area (TPSA) is 52.6 Å². The zero-order valence-electron chi connectivity index (χ0n) is 16.2. The summed E-state index contributed by atoms with van der Waals surface area (Å²) < 4.78 is 39.2. The van der Waals surface area contributed by atoms with Crippen LogP contribution in [0.1, 0.15) is 30.9 Å². The fraction of sp³-hybridized carbons (Fsp3) is 0.333. The Hall–Kier alpha value is -3.03. The summed E-state index contributed by atoms with van der Waals surface area (Å²) in [6, 6.07) is 12.0. The molecular weight excluding hydrogens is 383 g/mol. The minimum Gasteiger partial charge on any atom is -0.324 e. The molecule has 0 aromatic heterocycles. The molecular formula is C21H22F3N3O2. The number of nitrogens with zero attached hydrogens (tertiary/aromatic N) is 2. The molecule has 2 aromatic rings. The van der Waals surface area contributed by atoms with E-state index in [0.717, 1.165) is 17.3 Å². The average molecular weight is 405 g/mol. The smallest absolute Gasteiger partial charge is 0.324 e. The number of rotatable bonds is 5. The monoisotopic (exact) mass is 405 g/mol. The van der Waals surface area contributed by atoms with Gasteiger partial charge in [0, 0.05) is 18.8 Å². The SMILES string of the molecule is CC(C)c1ccc(N2CCN(CC(=O)Nc3ccccc3C(F)(F)F)C2=O)cc1. The van der Waals surface area contributed by atoms with Gasteiger partial charge in [-0.25, -0.2) is 4.79 Å². The zero-order chi connectivity index (χ0) is 21.2. The molecule has 1 aliphatic heterocycles. The van der Waals surface area contributed by atoms with Crippen LogP contribution in [0.15, 0.2) is 48.5 Å². The van der Waals surface area contributed by atoms with E-state index in [9.17, 15) is 22.8 Å². The Morgan fingerprint density at radius 2 is 1.72 bits per heavy atom. The van der Waals surface area contributed by atoms with Gasteiger partial charge in [0.25, 0.3) is 0 Å². The van der Waals surface area contributed by atoms with Crippen molar-refractivity contribution in [1.82, 2.24) is 4.90 Å². The van der Waals surface area contributed by atoms with Gasteiger partial charge >= 0.3 is 12.2 Å². The first kappa shape index (κ1) is 20.7. The second-order valence-corrected chi connectivity index (χ2v) is 7.19. The number of benzene rings is 2. The Bertz CT molecular complexity index is 895. The predicted octanol–water partition coefficient (Wildman–Crippen LogP) is 4.71. The van der Waals surface area contributed by atoms with Crippen molar-refractivity contribution < 1.29 is 22.8 Å². The summed E-state index contributed by atoms with van der Waals surface area (Å²) in [5.74, 6) is -0.301. The second-order valence-electron chi connectivity index (χ2n) is 7.19. The molecule has 29 heavy (non-hydrogen) atoms. The van der Waals surface area contributed by atoms with E-state index in [2.05, 4.69) is 19.2 Å². The highest BCUT2D eigenvalue weighted by Gasteiger charge is 2.34. The first-order valence-electron chi connectivity index (χ1n) is 9.29. The lowest BCUT2D eigenvalue weighted by Gasteiger charge is -2.19. The highest BCUT2D eigenvalue weighted by atomic mass is 19.4. The van der Waals surface area contributed by atoms with Gasteiger partial charge in [-0.05, 0) is 35.7 Å². The summed E-state index contributed by atoms with van der Waals surface area (Å²) >= 11 is 0. The summed E-state index contributed by atoms with van der Waals surface area (Å²) in [5, 5.41) is 2.27. The molecule has 0 bridgehead atoms. The summed E-state index contributed by atoms with van der Waals surface area (Å²) in [6.45, 7) is 4.57. The fourth-order valence-electron chi connectivity index (χ4n) is 3.21. The lowest BCUT2D eigenvalue weighted by molar-refractivity contribution is -0.137. The van der Waals surface area contributed by atoms with Gasteiger partial charge in [0.2, 0.25) is 5.91 Å². The molecule has 0 unspecified atom stereocenters. The first-order valence-corrected chi connectivity index (χ1v) is 9.29. The summed E-state index contributed by atoms with van der Waals surface area (Å²) in [6.07, 6.45) is -4.58. The van der Waals surface area contributed by atoms with Gasteiger partial charge in [-0.1, -0.05) is 38.1 Å². The van der Waals surface area contributed by atoms with Crippen LogP contribution >= 0.6 is 0 Å². The standard InChI is InChI=1S/C21H22F3N3O2/c1-14(2)15-7-9-16(10-8-15)27-12-11-26(20(27)29)13-19(28)25-18-6-4-3-5-17(18)21(22,23)24/h3-10,14H,11-13H2,1-2H3,(H,25,28). The predicted molar refractivity (Wildman–Crippen MR) is 105 cm³/mol. The third-order valence-corrected chi connectivity index (χ3v) is 4.81. The van der Waals surface area contributed by atoms with Crippen molar-refractivity contribution in [3.63, 3.8) is 0 Å². The molecule has 0 atom stereocenters. The average Bonchev–Trinajstić information content (AvgIpc) is 3.01. The number of carbonyl (C=O) groups is 2. The van der Waals surface area contributed by atoms with E-state index >= 15 is 0 Å². The largest absolute Gasteiger partial charge is 0.418 e. The molecule has 3 amide bonds. The number of hydrogen-bond acceptors (Lipinski definition) is 2. The Morgan fingerprint density at radius 1 is 1.07 bits per heavy atom. The number of halogens is 3. The molecule has 1 N–H and O–H groups in total. The van der Waals surface area contributed by atoms with Crippen LogP contribution in [0.2, 0.25) is 0 Å². The molecule has 2 aromatic carbocycles. The molecule has 0 radical (unpaired) electrons. The van der Waals surface area contributed by atoms with Crippen molar-refractivity contribution in [2.45, 2.75) is 25.9 Å². The van der Waals surface area contributed by atoms with Crippen molar-refractivity contribution in [2.24, 2.45) is 0 Å². The van der Waals surface area contributed by atoms with Crippen molar-refractivity contribution in [3.05, 3.63) is 59.7 Å². The van der Waals surface area contributed by atoms with Crippen molar-refractivity contribution in [1.29, 1.82) is 0 Å². The van der Waals surface area contributed by atoms with Crippen LogP contribution in [0.3, 0.4) is 0 Å². The Kier molecular flexibility index (Phi) is 5.81. The molecule has 5 nitrogen and oxygen atoms in total. The molecule has 154 valence electrons. The molecule has 0 spiro atoms. The van der Waals surface area contributed by atoms with Gasteiger partial charge in [-0.15, -0.1) is 0 Å². The maximum Gasteiger partial charge on any atom is 0.418 e. The van der Waals surface area contributed by atoms with Gasteiger partial charge in [0.05, 0.1) is 11.3 Å². The third kappa shape index (κ3) is 4.70. The number of para-hydroxylation sites is 1. The van der Waals surface area contributed by atoms with Crippen LogP contribution in [-0.2, 0) is 11.0 Å². The number of urea groups is 1. The van der Waals surface area contributed by atoms with Gasteiger partial charge in [-0.2, -0.15) is 13.2 Å². The molecule has 0 aliphatic carbocycles. The Balaban J connectivity index is 1.65. The second kappa shape index (κ2) is 8.14. The van der Waals surface area contributed by atoms with E-state index in [-0.39, 0.29) is 18.3 Å². The van der Waals surface area contributed by atoms with E-state index in [1.807, 2.05) is 24.3 Å². The number of carbonyl (C=O) groups excluding carboxylic acids is 2. The third-order valence-electron chi connectivity index (χ3n) is 4.81. The lowest BCUT2D eigenvalue weighted by Crippen LogP contribution is -2.37. The molecule has 1 heterocycles. The van der Waals surface area contributed by atoms with Crippen molar-refractivity contribution >= 4 is 23.3 Å². The molecule has 1 saturated heterocycles. The van der Waals surface area contributed by atoms with Crippen LogP contribution in [-0.4, -0.2) is 36.5 Å². The van der Waals surface area contributed by atoms with Crippen molar-refractivity contribution in [2.75, 3.05) is 29.9 Å². The van der Waals surface area contributed by atoms with Crippen molar-refractivity contribution in [3.8, 4) is 0 Å². The molecule has 8 heteroatoms. The Morgan fingerprint density at radius 3 is 2.34 bits per heavy atom. The minimum atomic E-state index is -4.58. The molecule has 1 aliphatic rings. The summed E-state index contributed by atoms with van der Waals surface area (Å²) in [5.41, 5.74) is 0.635. The van der Waals surface area contributed by atoms with Crippen LogP contribution in [0.25, 0.3) is 0 Å². The highest BCUT2D eigenvalue weighted by Crippen LogP contribution is 2.34. The van der Waals surface area contributed by atoms with Crippen LogP contribution in [0.4, 0.5) is 29.3 Å². The lowest BCUT2D eigenvalue weighted by atomic mass is 10.0. The summed E-state index contributed by atoms with van der Waals surface area (Å²) in [7, 11) is 0. The normalized spacial score (nSPS) is 14.6. The molecule has 1 fully saturated rings. The van der Waals surface area contributed by atoms with Gasteiger partial charge in [0.15, 0.2) is 0 Å². The number of alkyl halides is 3. The molecule has 0 saturated carbocycles.